The van der Waals surface area contributed by atoms with E-state index in [0.717, 1.165) is 16.7 Å². The van der Waals surface area contributed by atoms with Gasteiger partial charge in [0.1, 0.15) is 6.04 Å². The third kappa shape index (κ3) is 2.94. The highest BCUT2D eigenvalue weighted by Gasteiger charge is 2.39. The quantitative estimate of drug-likeness (QED) is 0.752. The van der Waals surface area contributed by atoms with Crippen LogP contribution >= 0.6 is 0 Å². The van der Waals surface area contributed by atoms with E-state index in [2.05, 4.69) is 20.4 Å². The van der Waals surface area contributed by atoms with Crippen molar-refractivity contribution in [2.45, 2.75) is 19.1 Å². The number of anilines is 1. The number of benzene rings is 1. The number of rotatable bonds is 2. The van der Waals surface area contributed by atoms with E-state index < -0.39 is 18.0 Å². The SMILES string of the molecule is Cc1ccc([C@@H]2C=C(c3cccnc3)Nc3nc(C(F)(F)F)nn32)cc1. The molecule has 2 aromatic heterocycles. The normalized spacial score (nSPS) is 16.6. The highest BCUT2D eigenvalue weighted by Crippen LogP contribution is 2.35. The molecule has 1 aliphatic heterocycles. The third-order valence-electron chi connectivity index (χ3n) is 4.11. The van der Waals surface area contributed by atoms with Crippen LogP contribution in [-0.4, -0.2) is 19.7 Å². The van der Waals surface area contributed by atoms with Crippen molar-refractivity contribution >= 4 is 11.6 Å². The zero-order valence-corrected chi connectivity index (χ0v) is 13.7. The Kier molecular flexibility index (Phi) is 3.75. The molecule has 0 saturated heterocycles. The minimum absolute atomic E-state index is 0.0456. The van der Waals surface area contributed by atoms with Crippen LogP contribution in [0.15, 0.2) is 54.9 Å². The molecular formula is C18H14F3N5. The van der Waals surface area contributed by atoms with E-state index >= 15 is 0 Å². The molecule has 8 heteroatoms. The van der Waals surface area contributed by atoms with Gasteiger partial charge >= 0.3 is 6.18 Å². The number of pyridine rings is 1. The fourth-order valence-electron chi connectivity index (χ4n) is 2.80. The van der Waals surface area contributed by atoms with Gasteiger partial charge in [-0.05, 0) is 30.7 Å². The van der Waals surface area contributed by atoms with Crippen molar-refractivity contribution in [2.75, 3.05) is 5.32 Å². The van der Waals surface area contributed by atoms with E-state index in [-0.39, 0.29) is 5.95 Å². The lowest BCUT2D eigenvalue weighted by atomic mass is 10.0. The van der Waals surface area contributed by atoms with Crippen LogP contribution in [0.2, 0.25) is 0 Å². The molecule has 3 heterocycles. The number of nitrogens with zero attached hydrogens (tertiary/aromatic N) is 4. The highest BCUT2D eigenvalue weighted by atomic mass is 19.4. The van der Waals surface area contributed by atoms with E-state index in [4.69, 9.17) is 0 Å². The number of hydrogen-bond acceptors (Lipinski definition) is 4. The number of alkyl halides is 3. The van der Waals surface area contributed by atoms with E-state index in [1.54, 1.807) is 18.5 Å². The van der Waals surface area contributed by atoms with Gasteiger partial charge < -0.3 is 5.32 Å². The first-order valence-electron chi connectivity index (χ1n) is 7.91. The first kappa shape index (κ1) is 16.3. The first-order chi connectivity index (χ1) is 12.4. The summed E-state index contributed by atoms with van der Waals surface area (Å²) in [4.78, 5) is 7.71. The summed E-state index contributed by atoms with van der Waals surface area (Å²) in [6, 6.07) is 10.7. The number of hydrogen-bond donors (Lipinski definition) is 1. The summed E-state index contributed by atoms with van der Waals surface area (Å²) < 4.78 is 40.5. The monoisotopic (exact) mass is 357 g/mol. The smallest absolute Gasteiger partial charge is 0.324 e. The number of aryl methyl sites for hydroxylation is 1. The molecule has 1 N–H and O–H groups in total. The molecule has 0 saturated carbocycles. The molecular weight excluding hydrogens is 343 g/mol. The predicted molar refractivity (Wildman–Crippen MR) is 90.2 cm³/mol. The van der Waals surface area contributed by atoms with Gasteiger partial charge in [-0.1, -0.05) is 29.8 Å². The molecule has 1 aliphatic rings. The number of halogens is 3. The van der Waals surface area contributed by atoms with Gasteiger partial charge in [-0.15, -0.1) is 5.10 Å². The first-order valence-corrected chi connectivity index (χ1v) is 7.91. The fourth-order valence-corrected chi connectivity index (χ4v) is 2.80. The number of aromatic nitrogens is 4. The molecule has 0 fully saturated rings. The summed E-state index contributed by atoms with van der Waals surface area (Å²) in [7, 11) is 0. The van der Waals surface area contributed by atoms with Gasteiger partial charge in [0, 0.05) is 23.7 Å². The number of nitrogens with one attached hydrogen (secondary N) is 1. The maximum Gasteiger partial charge on any atom is 0.453 e. The molecule has 0 aliphatic carbocycles. The lowest BCUT2D eigenvalue weighted by Crippen LogP contribution is -2.20. The van der Waals surface area contributed by atoms with Crippen molar-refractivity contribution in [2.24, 2.45) is 0 Å². The molecule has 1 aromatic carbocycles. The Bertz CT molecular complexity index is 959. The topological polar surface area (TPSA) is 55.6 Å². The fraction of sp³-hybridized carbons (Fsp3) is 0.167. The molecule has 3 aromatic rings. The van der Waals surface area contributed by atoms with Crippen molar-refractivity contribution in [3.05, 3.63) is 77.4 Å². The standard InChI is InChI=1S/C18H14F3N5/c1-11-4-6-12(7-5-11)15-9-14(13-3-2-8-22-10-13)23-17-24-16(18(19,20)21)25-26(15)17/h2-10,15H,1H3,(H,23,24,25)/t15-/m0/s1. The molecule has 132 valence electrons. The van der Waals surface area contributed by atoms with E-state index in [1.165, 1.54) is 4.68 Å². The van der Waals surface area contributed by atoms with E-state index in [1.807, 2.05) is 43.3 Å². The van der Waals surface area contributed by atoms with Crippen molar-refractivity contribution in [3.63, 3.8) is 0 Å². The van der Waals surface area contributed by atoms with Crippen LogP contribution < -0.4 is 5.32 Å². The predicted octanol–water partition coefficient (Wildman–Crippen LogP) is 4.06. The molecule has 0 radical (unpaired) electrons. The van der Waals surface area contributed by atoms with E-state index in [0.29, 0.717) is 5.70 Å². The summed E-state index contributed by atoms with van der Waals surface area (Å²) in [5, 5.41) is 6.62. The lowest BCUT2D eigenvalue weighted by molar-refractivity contribution is -0.145. The molecule has 0 amide bonds. The Morgan fingerprint density at radius 3 is 2.54 bits per heavy atom. The molecule has 0 unspecified atom stereocenters. The van der Waals surface area contributed by atoms with Gasteiger partial charge in [0.15, 0.2) is 0 Å². The average Bonchev–Trinajstić information content (AvgIpc) is 3.07. The van der Waals surface area contributed by atoms with Gasteiger partial charge in [0.2, 0.25) is 5.95 Å². The summed E-state index contributed by atoms with van der Waals surface area (Å²) >= 11 is 0. The summed E-state index contributed by atoms with van der Waals surface area (Å²) in [5.41, 5.74) is 3.28. The van der Waals surface area contributed by atoms with Gasteiger partial charge in [0.05, 0.1) is 0 Å². The summed E-state index contributed by atoms with van der Waals surface area (Å²) in [5.74, 6) is -1.12. The molecule has 0 bridgehead atoms. The lowest BCUT2D eigenvalue weighted by Gasteiger charge is -2.24. The van der Waals surface area contributed by atoms with Crippen LogP contribution in [-0.2, 0) is 6.18 Å². The second-order valence-corrected chi connectivity index (χ2v) is 6.00. The molecule has 4 rings (SSSR count). The van der Waals surface area contributed by atoms with Crippen molar-refractivity contribution < 1.29 is 13.2 Å². The maximum atomic E-state index is 13.1. The van der Waals surface area contributed by atoms with Crippen molar-refractivity contribution in [1.29, 1.82) is 0 Å². The van der Waals surface area contributed by atoms with Crippen LogP contribution in [0.25, 0.3) is 5.70 Å². The summed E-state index contributed by atoms with van der Waals surface area (Å²) in [6.45, 7) is 1.95. The van der Waals surface area contributed by atoms with Crippen molar-refractivity contribution in [1.82, 2.24) is 19.7 Å². The minimum atomic E-state index is -4.61. The minimum Gasteiger partial charge on any atom is -0.324 e. The molecule has 0 spiro atoms. The Morgan fingerprint density at radius 2 is 1.88 bits per heavy atom. The third-order valence-corrected chi connectivity index (χ3v) is 4.11. The van der Waals surface area contributed by atoms with Gasteiger partial charge in [-0.3, -0.25) is 4.98 Å². The Hall–Kier alpha value is -3.16. The van der Waals surface area contributed by atoms with Crippen LogP contribution in [0.4, 0.5) is 19.1 Å². The van der Waals surface area contributed by atoms with Crippen molar-refractivity contribution in [3.8, 4) is 0 Å². The number of allylic oxidation sites excluding steroid dienone is 1. The van der Waals surface area contributed by atoms with Gasteiger partial charge in [-0.2, -0.15) is 18.2 Å². The largest absolute Gasteiger partial charge is 0.453 e. The van der Waals surface area contributed by atoms with E-state index in [9.17, 15) is 13.2 Å². The number of fused-ring (bicyclic) bond motifs is 1. The van der Waals surface area contributed by atoms with Crippen LogP contribution in [0.3, 0.4) is 0 Å². The Balaban J connectivity index is 1.84. The second kappa shape index (κ2) is 5.98. The summed E-state index contributed by atoms with van der Waals surface area (Å²) in [6.07, 6.45) is 0.484. The Morgan fingerprint density at radius 1 is 1.12 bits per heavy atom. The maximum absolute atomic E-state index is 13.1. The van der Waals surface area contributed by atoms with Crippen LogP contribution in [0.1, 0.15) is 28.6 Å². The molecule has 1 atom stereocenters. The van der Waals surface area contributed by atoms with Crippen LogP contribution in [0, 0.1) is 6.92 Å². The zero-order chi connectivity index (χ0) is 18.3. The van der Waals surface area contributed by atoms with Crippen LogP contribution in [0.5, 0.6) is 0 Å². The highest BCUT2D eigenvalue weighted by molar-refractivity contribution is 5.76. The zero-order valence-electron chi connectivity index (χ0n) is 13.7. The Labute approximate surface area is 147 Å². The second-order valence-electron chi connectivity index (χ2n) is 6.00. The molecule has 26 heavy (non-hydrogen) atoms. The van der Waals surface area contributed by atoms with Gasteiger partial charge in [0.25, 0.3) is 5.82 Å². The molecule has 5 nitrogen and oxygen atoms in total. The van der Waals surface area contributed by atoms with Gasteiger partial charge in [-0.25, -0.2) is 4.68 Å². The average molecular weight is 357 g/mol.